The van der Waals surface area contributed by atoms with E-state index in [1.165, 1.54) is 13.2 Å². The minimum Gasteiger partial charge on any atom is -0.496 e. The summed E-state index contributed by atoms with van der Waals surface area (Å²) in [6.07, 6.45) is -4.00. The van der Waals surface area contributed by atoms with Gasteiger partial charge in [0.1, 0.15) is 5.75 Å². The van der Waals surface area contributed by atoms with E-state index in [9.17, 15) is 18.3 Å². The van der Waals surface area contributed by atoms with Crippen molar-refractivity contribution in [3.63, 3.8) is 0 Å². The highest BCUT2D eigenvalue weighted by atomic mass is 19.4. The molecule has 114 valence electrons. The van der Waals surface area contributed by atoms with E-state index in [0.29, 0.717) is 18.4 Å². The Bertz CT molecular complexity index is 435. The second kappa shape index (κ2) is 6.95. The van der Waals surface area contributed by atoms with Crippen LogP contribution in [-0.4, -0.2) is 24.9 Å². The molecule has 3 N–H and O–H groups in total. The van der Waals surface area contributed by atoms with Crippen molar-refractivity contribution >= 4 is 0 Å². The van der Waals surface area contributed by atoms with Gasteiger partial charge in [0.2, 0.25) is 0 Å². The minimum absolute atomic E-state index is 0.0919. The summed E-state index contributed by atoms with van der Waals surface area (Å²) >= 11 is 0. The van der Waals surface area contributed by atoms with Gasteiger partial charge in [-0.1, -0.05) is 13.0 Å². The molecule has 2 atom stereocenters. The molecule has 20 heavy (non-hydrogen) atoms. The summed E-state index contributed by atoms with van der Waals surface area (Å²) in [6.45, 7) is 2.03. The number of benzene rings is 1. The lowest BCUT2D eigenvalue weighted by atomic mass is 9.89. The van der Waals surface area contributed by atoms with Crippen LogP contribution in [-0.2, 0) is 6.18 Å². The number of ether oxygens (including phenoxy) is 1. The maximum Gasteiger partial charge on any atom is 0.416 e. The number of aliphatic hydroxyl groups excluding tert-OH is 1. The van der Waals surface area contributed by atoms with Crippen LogP contribution in [0.15, 0.2) is 18.2 Å². The van der Waals surface area contributed by atoms with Crippen molar-refractivity contribution in [1.82, 2.24) is 0 Å². The zero-order valence-corrected chi connectivity index (χ0v) is 11.6. The number of alkyl halides is 3. The van der Waals surface area contributed by atoms with Crippen LogP contribution in [0.5, 0.6) is 5.75 Å². The smallest absolute Gasteiger partial charge is 0.416 e. The largest absolute Gasteiger partial charge is 0.496 e. The van der Waals surface area contributed by atoms with E-state index in [-0.39, 0.29) is 18.2 Å². The number of aliphatic hydroxyl groups is 1. The van der Waals surface area contributed by atoms with E-state index in [0.717, 1.165) is 12.1 Å². The van der Waals surface area contributed by atoms with Crippen molar-refractivity contribution in [1.29, 1.82) is 0 Å². The molecule has 0 saturated heterocycles. The molecule has 1 aromatic rings. The average Bonchev–Trinajstić information content (AvgIpc) is 2.42. The Morgan fingerprint density at radius 2 is 2.00 bits per heavy atom. The van der Waals surface area contributed by atoms with E-state index < -0.39 is 17.8 Å². The molecular weight excluding hydrogens is 271 g/mol. The molecule has 0 bridgehead atoms. The first-order chi connectivity index (χ1) is 9.33. The molecule has 1 aromatic carbocycles. The molecule has 0 aliphatic heterocycles. The van der Waals surface area contributed by atoms with E-state index in [2.05, 4.69) is 0 Å². The van der Waals surface area contributed by atoms with Gasteiger partial charge < -0.3 is 15.6 Å². The summed E-state index contributed by atoms with van der Waals surface area (Å²) in [5, 5.41) is 9.62. The van der Waals surface area contributed by atoms with Crippen LogP contribution in [0.4, 0.5) is 13.2 Å². The van der Waals surface area contributed by atoms with E-state index in [4.69, 9.17) is 10.5 Å². The van der Waals surface area contributed by atoms with Crippen LogP contribution in [0.1, 0.15) is 36.8 Å². The molecule has 0 spiro atoms. The molecule has 0 heterocycles. The molecule has 0 saturated carbocycles. The van der Waals surface area contributed by atoms with Gasteiger partial charge >= 0.3 is 6.18 Å². The minimum atomic E-state index is -4.40. The number of hydrogen-bond acceptors (Lipinski definition) is 3. The quantitative estimate of drug-likeness (QED) is 0.847. The fourth-order valence-electron chi connectivity index (χ4n) is 2.16. The van der Waals surface area contributed by atoms with Gasteiger partial charge in [0, 0.05) is 6.54 Å². The first-order valence-corrected chi connectivity index (χ1v) is 6.46. The van der Waals surface area contributed by atoms with Crippen molar-refractivity contribution < 1.29 is 23.0 Å². The highest BCUT2D eigenvalue weighted by Crippen LogP contribution is 2.37. The Balaban J connectivity index is 3.10. The fourth-order valence-corrected chi connectivity index (χ4v) is 2.16. The monoisotopic (exact) mass is 291 g/mol. The van der Waals surface area contributed by atoms with Gasteiger partial charge in [0.25, 0.3) is 0 Å². The van der Waals surface area contributed by atoms with Crippen LogP contribution in [0.25, 0.3) is 0 Å². The highest BCUT2D eigenvalue weighted by molar-refractivity contribution is 5.41. The van der Waals surface area contributed by atoms with Gasteiger partial charge in [-0.05, 0) is 36.5 Å². The summed E-state index contributed by atoms with van der Waals surface area (Å²) in [4.78, 5) is 0. The van der Waals surface area contributed by atoms with Crippen molar-refractivity contribution in [2.24, 2.45) is 5.73 Å². The molecule has 0 fully saturated rings. The SMILES string of the molecule is CCC(CC(O)CN)c1ccc(C(F)(F)F)cc1OC. The first-order valence-electron chi connectivity index (χ1n) is 6.46. The molecular formula is C14H20F3NO2. The average molecular weight is 291 g/mol. The Kier molecular flexibility index (Phi) is 5.83. The fraction of sp³-hybridized carbons (Fsp3) is 0.571. The van der Waals surface area contributed by atoms with Crippen molar-refractivity contribution in [3.05, 3.63) is 29.3 Å². The molecule has 3 nitrogen and oxygen atoms in total. The zero-order chi connectivity index (χ0) is 15.3. The van der Waals surface area contributed by atoms with Crippen molar-refractivity contribution in [2.75, 3.05) is 13.7 Å². The van der Waals surface area contributed by atoms with Gasteiger partial charge in [-0.2, -0.15) is 13.2 Å². The predicted octanol–water partition coefficient (Wildman–Crippen LogP) is 2.92. The van der Waals surface area contributed by atoms with Crippen LogP contribution in [0, 0.1) is 0 Å². The van der Waals surface area contributed by atoms with Crippen LogP contribution in [0.3, 0.4) is 0 Å². The van der Waals surface area contributed by atoms with E-state index >= 15 is 0 Å². The van der Waals surface area contributed by atoms with E-state index in [1.807, 2.05) is 6.92 Å². The molecule has 0 aliphatic rings. The number of halogens is 3. The number of hydrogen-bond donors (Lipinski definition) is 2. The maximum atomic E-state index is 12.7. The molecule has 6 heteroatoms. The predicted molar refractivity (Wildman–Crippen MR) is 70.7 cm³/mol. The topological polar surface area (TPSA) is 55.5 Å². The molecule has 0 amide bonds. The Labute approximate surface area is 116 Å². The summed E-state index contributed by atoms with van der Waals surface area (Å²) in [6, 6.07) is 3.45. The van der Waals surface area contributed by atoms with Crippen LogP contribution < -0.4 is 10.5 Å². The Morgan fingerprint density at radius 1 is 1.35 bits per heavy atom. The van der Waals surface area contributed by atoms with Gasteiger partial charge in [-0.3, -0.25) is 0 Å². The highest BCUT2D eigenvalue weighted by Gasteiger charge is 2.32. The molecule has 0 aromatic heterocycles. The molecule has 0 radical (unpaired) electrons. The second-order valence-electron chi connectivity index (χ2n) is 4.68. The van der Waals surface area contributed by atoms with Gasteiger partial charge in [0.15, 0.2) is 0 Å². The summed E-state index contributed by atoms with van der Waals surface area (Å²) in [7, 11) is 1.34. The van der Waals surface area contributed by atoms with Crippen LogP contribution in [0.2, 0.25) is 0 Å². The molecule has 0 aliphatic carbocycles. The summed E-state index contributed by atoms with van der Waals surface area (Å²) in [5.41, 5.74) is 5.29. The maximum absolute atomic E-state index is 12.7. The molecule has 1 rings (SSSR count). The standard InChI is InChI=1S/C14H20F3NO2/c1-3-9(6-11(19)8-18)12-5-4-10(14(15,16)17)7-13(12)20-2/h4-5,7,9,11,19H,3,6,8,18H2,1-2H3. The summed E-state index contributed by atoms with van der Waals surface area (Å²) < 4.78 is 43.1. The summed E-state index contributed by atoms with van der Waals surface area (Å²) in [5.74, 6) is 0.0988. The van der Waals surface area contributed by atoms with Crippen molar-refractivity contribution in [3.8, 4) is 5.75 Å². The van der Waals surface area contributed by atoms with Gasteiger partial charge in [-0.25, -0.2) is 0 Å². The third-order valence-corrected chi connectivity index (χ3v) is 3.32. The third kappa shape index (κ3) is 4.11. The number of rotatable bonds is 6. The Morgan fingerprint density at radius 3 is 2.45 bits per heavy atom. The number of nitrogens with two attached hydrogens (primary N) is 1. The lowest BCUT2D eigenvalue weighted by molar-refractivity contribution is -0.137. The van der Waals surface area contributed by atoms with Gasteiger partial charge in [0.05, 0.1) is 18.8 Å². The van der Waals surface area contributed by atoms with Gasteiger partial charge in [-0.15, -0.1) is 0 Å². The van der Waals surface area contributed by atoms with Crippen LogP contribution >= 0.6 is 0 Å². The lowest BCUT2D eigenvalue weighted by Crippen LogP contribution is -2.22. The zero-order valence-electron chi connectivity index (χ0n) is 11.6. The Hall–Kier alpha value is -1.27. The number of methoxy groups -OCH3 is 1. The van der Waals surface area contributed by atoms with E-state index in [1.54, 1.807) is 0 Å². The molecule has 2 unspecified atom stereocenters. The third-order valence-electron chi connectivity index (χ3n) is 3.32. The second-order valence-corrected chi connectivity index (χ2v) is 4.68. The van der Waals surface area contributed by atoms with Crippen molar-refractivity contribution in [2.45, 2.75) is 38.0 Å². The normalized spacial score (nSPS) is 14.9. The lowest BCUT2D eigenvalue weighted by Gasteiger charge is -2.21. The first kappa shape index (κ1) is 16.8.